The van der Waals surface area contributed by atoms with Gasteiger partial charge in [-0.05, 0) is 59.7 Å². The maximum absolute atomic E-state index is 4.06. The Bertz CT molecular complexity index is 343. The molecule has 96 valence electrons. The Morgan fingerprint density at radius 1 is 1.53 bits per heavy atom. The molecule has 2 rings (SSSR count). The van der Waals surface area contributed by atoms with Crippen molar-refractivity contribution < 1.29 is 0 Å². The molecular weight excluding hydrogens is 300 g/mol. The van der Waals surface area contributed by atoms with Crippen LogP contribution < -0.4 is 5.32 Å². The van der Waals surface area contributed by atoms with Crippen molar-refractivity contribution in [1.29, 1.82) is 0 Å². The number of nitrogens with one attached hydrogen (secondary N) is 1. The van der Waals surface area contributed by atoms with Gasteiger partial charge in [-0.1, -0.05) is 5.21 Å². The molecule has 1 aromatic heterocycles. The maximum Gasteiger partial charge on any atom is 0.153 e. The van der Waals surface area contributed by atoms with Crippen LogP contribution in [0.3, 0.4) is 0 Å². The number of aromatic nitrogens is 3. The average molecular weight is 319 g/mol. The normalized spacial score (nSPS) is 19.5. The molecule has 6 heteroatoms. The van der Waals surface area contributed by atoms with Crippen LogP contribution in [0.15, 0.2) is 4.60 Å². The highest BCUT2D eigenvalue weighted by molar-refractivity contribution is 9.10. The zero-order chi connectivity index (χ0) is 12.3. The molecule has 1 saturated heterocycles. The molecule has 0 aromatic carbocycles. The Morgan fingerprint density at radius 2 is 2.24 bits per heavy atom. The van der Waals surface area contributed by atoms with Gasteiger partial charge in [0.2, 0.25) is 0 Å². The first-order valence-corrected chi connectivity index (χ1v) is 7.97. The molecule has 1 atom stereocenters. The Morgan fingerprint density at radius 3 is 2.76 bits per heavy atom. The third kappa shape index (κ3) is 3.23. The summed E-state index contributed by atoms with van der Waals surface area (Å²) in [6, 6.07) is 0.345. The Labute approximate surface area is 115 Å². The second kappa shape index (κ2) is 6.20. The monoisotopic (exact) mass is 318 g/mol. The number of hydrogen-bond donors (Lipinski definition) is 1. The second-order valence-electron chi connectivity index (χ2n) is 4.52. The molecule has 0 bridgehead atoms. The molecule has 0 saturated carbocycles. The second-order valence-corrected chi connectivity index (χ2v) is 6.50. The Kier molecular flexibility index (Phi) is 4.87. The van der Waals surface area contributed by atoms with E-state index in [-0.39, 0.29) is 0 Å². The van der Waals surface area contributed by atoms with E-state index in [1.165, 1.54) is 30.8 Å². The van der Waals surface area contributed by atoms with Gasteiger partial charge in [-0.3, -0.25) is 0 Å². The van der Waals surface area contributed by atoms with E-state index in [1.54, 1.807) is 0 Å². The molecule has 1 aliphatic rings. The van der Waals surface area contributed by atoms with E-state index in [0.717, 1.165) is 16.2 Å². The van der Waals surface area contributed by atoms with Gasteiger partial charge in [0.1, 0.15) is 0 Å². The van der Waals surface area contributed by atoms with Crippen LogP contribution in [0.5, 0.6) is 0 Å². The molecule has 1 fully saturated rings. The summed E-state index contributed by atoms with van der Waals surface area (Å²) in [5.41, 5.74) is 1.16. The predicted molar refractivity (Wildman–Crippen MR) is 75.2 cm³/mol. The summed E-state index contributed by atoms with van der Waals surface area (Å²) in [5.74, 6) is 3.45. The molecule has 0 aliphatic carbocycles. The molecule has 2 heterocycles. The lowest BCUT2D eigenvalue weighted by molar-refractivity contribution is 0.371. The molecule has 0 spiro atoms. The molecule has 1 unspecified atom stereocenters. The summed E-state index contributed by atoms with van der Waals surface area (Å²) in [7, 11) is 3.97. The molecule has 4 nitrogen and oxygen atoms in total. The number of rotatable bonds is 4. The predicted octanol–water partition coefficient (Wildman–Crippen LogP) is 2.37. The standard InChI is InChI=1S/C11H19BrN4S/c1-13-9(7-8-3-5-17-6-4-8)10-11(12)14-15-16(10)2/h8-9,13H,3-7H2,1-2H3. The van der Waals surface area contributed by atoms with Gasteiger partial charge in [-0.15, -0.1) is 5.10 Å². The highest BCUT2D eigenvalue weighted by atomic mass is 79.9. The van der Waals surface area contributed by atoms with Crippen LogP contribution in [0.4, 0.5) is 0 Å². The summed E-state index contributed by atoms with van der Waals surface area (Å²) in [5, 5.41) is 11.5. The number of nitrogens with zero attached hydrogens (tertiary/aromatic N) is 3. The first-order chi connectivity index (χ1) is 8.22. The third-order valence-electron chi connectivity index (χ3n) is 3.42. The number of thioether (sulfide) groups is 1. The quantitative estimate of drug-likeness (QED) is 0.925. The zero-order valence-corrected chi connectivity index (χ0v) is 12.7. The van der Waals surface area contributed by atoms with Crippen molar-refractivity contribution >= 4 is 27.7 Å². The third-order valence-corrected chi connectivity index (χ3v) is 5.03. The lowest BCUT2D eigenvalue weighted by Gasteiger charge is -2.26. The minimum Gasteiger partial charge on any atom is -0.312 e. The molecular formula is C11H19BrN4S. The summed E-state index contributed by atoms with van der Waals surface area (Å²) < 4.78 is 2.73. The minimum atomic E-state index is 0.345. The summed E-state index contributed by atoms with van der Waals surface area (Å²) >= 11 is 5.56. The lowest BCUT2D eigenvalue weighted by atomic mass is 9.93. The molecule has 0 radical (unpaired) electrons. The fourth-order valence-corrected chi connectivity index (χ4v) is 4.20. The van der Waals surface area contributed by atoms with E-state index in [4.69, 9.17) is 0 Å². The topological polar surface area (TPSA) is 42.7 Å². The van der Waals surface area contributed by atoms with Crippen LogP contribution in [0.1, 0.15) is 31.0 Å². The van der Waals surface area contributed by atoms with Gasteiger partial charge < -0.3 is 5.32 Å². The van der Waals surface area contributed by atoms with Crippen molar-refractivity contribution in [1.82, 2.24) is 20.3 Å². The molecule has 1 aliphatic heterocycles. The fraction of sp³-hybridized carbons (Fsp3) is 0.818. The SMILES string of the molecule is CNC(CC1CCSCC1)c1c(Br)nnn1C. The molecule has 1 N–H and O–H groups in total. The van der Waals surface area contributed by atoms with Gasteiger partial charge in [0.15, 0.2) is 4.60 Å². The average Bonchev–Trinajstić information content (AvgIpc) is 2.68. The first kappa shape index (κ1) is 13.4. The van der Waals surface area contributed by atoms with Crippen LogP contribution in [-0.2, 0) is 7.05 Å². The van der Waals surface area contributed by atoms with E-state index >= 15 is 0 Å². The van der Waals surface area contributed by atoms with Crippen molar-refractivity contribution in [2.45, 2.75) is 25.3 Å². The lowest BCUT2D eigenvalue weighted by Crippen LogP contribution is -2.24. The minimum absolute atomic E-state index is 0.345. The van der Waals surface area contributed by atoms with E-state index in [1.807, 2.05) is 18.8 Å². The van der Waals surface area contributed by atoms with Gasteiger partial charge in [0.25, 0.3) is 0 Å². The van der Waals surface area contributed by atoms with Crippen LogP contribution in [0.2, 0.25) is 0 Å². The van der Waals surface area contributed by atoms with E-state index in [2.05, 4.69) is 43.3 Å². The Balaban J connectivity index is 2.05. The van der Waals surface area contributed by atoms with Crippen molar-refractivity contribution in [2.75, 3.05) is 18.6 Å². The summed E-state index contributed by atoms with van der Waals surface area (Å²) in [4.78, 5) is 0. The van der Waals surface area contributed by atoms with Crippen molar-refractivity contribution in [3.8, 4) is 0 Å². The van der Waals surface area contributed by atoms with Gasteiger partial charge >= 0.3 is 0 Å². The molecule has 0 amide bonds. The smallest absolute Gasteiger partial charge is 0.153 e. The van der Waals surface area contributed by atoms with Crippen molar-refractivity contribution in [3.63, 3.8) is 0 Å². The zero-order valence-electron chi connectivity index (χ0n) is 10.3. The van der Waals surface area contributed by atoms with Crippen LogP contribution in [0, 0.1) is 5.92 Å². The van der Waals surface area contributed by atoms with Gasteiger partial charge in [-0.25, -0.2) is 4.68 Å². The largest absolute Gasteiger partial charge is 0.312 e. The number of aryl methyl sites for hydroxylation is 1. The highest BCUT2D eigenvalue weighted by Crippen LogP contribution is 2.32. The summed E-state index contributed by atoms with van der Waals surface area (Å²) in [6.07, 6.45) is 3.86. The highest BCUT2D eigenvalue weighted by Gasteiger charge is 2.23. The molecule has 17 heavy (non-hydrogen) atoms. The van der Waals surface area contributed by atoms with Crippen molar-refractivity contribution in [3.05, 3.63) is 10.3 Å². The number of halogens is 1. The Hall–Kier alpha value is -0.0700. The number of hydrogen-bond acceptors (Lipinski definition) is 4. The van der Waals surface area contributed by atoms with Gasteiger partial charge in [0.05, 0.1) is 11.7 Å². The first-order valence-electron chi connectivity index (χ1n) is 6.02. The van der Waals surface area contributed by atoms with Crippen LogP contribution in [0.25, 0.3) is 0 Å². The van der Waals surface area contributed by atoms with Gasteiger partial charge in [0, 0.05) is 7.05 Å². The van der Waals surface area contributed by atoms with Gasteiger partial charge in [-0.2, -0.15) is 11.8 Å². The maximum atomic E-state index is 4.06. The van der Waals surface area contributed by atoms with E-state index < -0.39 is 0 Å². The van der Waals surface area contributed by atoms with Crippen molar-refractivity contribution in [2.24, 2.45) is 13.0 Å². The fourth-order valence-electron chi connectivity index (χ4n) is 2.39. The van der Waals surface area contributed by atoms with E-state index in [0.29, 0.717) is 6.04 Å². The van der Waals surface area contributed by atoms with Crippen LogP contribution in [-0.4, -0.2) is 33.5 Å². The summed E-state index contributed by atoms with van der Waals surface area (Å²) in [6.45, 7) is 0. The van der Waals surface area contributed by atoms with E-state index in [9.17, 15) is 0 Å². The molecule has 1 aromatic rings. The van der Waals surface area contributed by atoms with Crippen LogP contribution >= 0.6 is 27.7 Å².